The second-order valence-electron chi connectivity index (χ2n) is 5.76. The van der Waals surface area contributed by atoms with Gasteiger partial charge in [0, 0.05) is 12.5 Å². The number of hydrogen-bond acceptors (Lipinski definition) is 4. The van der Waals surface area contributed by atoms with Crippen LogP contribution in [0.25, 0.3) is 0 Å². The minimum atomic E-state index is -0.319. The molecule has 4 nitrogen and oxygen atoms in total. The number of esters is 1. The van der Waals surface area contributed by atoms with E-state index in [1.54, 1.807) is 12.1 Å². The average Bonchev–Trinajstić information content (AvgIpc) is 3.13. The van der Waals surface area contributed by atoms with E-state index in [2.05, 4.69) is 5.32 Å². The first kappa shape index (κ1) is 15.6. The van der Waals surface area contributed by atoms with Crippen molar-refractivity contribution in [3.05, 3.63) is 65.7 Å². The van der Waals surface area contributed by atoms with Crippen molar-refractivity contribution in [3.63, 3.8) is 0 Å². The third-order valence-electron chi connectivity index (χ3n) is 3.95. The Morgan fingerprint density at radius 3 is 2.57 bits per heavy atom. The Labute approximate surface area is 136 Å². The molecular weight excluding hydrogens is 290 g/mol. The molecule has 0 aromatic heterocycles. The molecule has 1 aliphatic rings. The summed E-state index contributed by atoms with van der Waals surface area (Å²) in [5.41, 5.74) is 1.52. The summed E-state index contributed by atoms with van der Waals surface area (Å²) < 4.78 is 11.1. The SMILES string of the molecule is O=C(OCc1ccccc1)c1ccc(OCC2CCNC2)cc1. The van der Waals surface area contributed by atoms with Crippen LogP contribution in [0.4, 0.5) is 0 Å². The molecule has 1 unspecified atom stereocenters. The number of hydrogen-bond donors (Lipinski definition) is 1. The van der Waals surface area contributed by atoms with Crippen molar-refractivity contribution < 1.29 is 14.3 Å². The third-order valence-corrected chi connectivity index (χ3v) is 3.95. The van der Waals surface area contributed by atoms with Crippen LogP contribution >= 0.6 is 0 Å². The van der Waals surface area contributed by atoms with E-state index in [9.17, 15) is 4.79 Å². The first-order valence-electron chi connectivity index (χ1n) is 7.96. The zero-order valence-electron chi connectivity index (χ0n) is 13.0. The van der Waals surface area contributed by atoms with Crippen LogP contribution in [0.5, 0.6) is 5.75 Å². The lowest BCUT2D eigenvalue weighted by Crippen LogP contribution is -2.15. The molecule has 0 amide bonds. The normalized spacial score (nSPS) is 17.0. The number of nitrogens with one attached hydrogen (secondary N) is 1. The van der Waals surface area contributed by atoms with E-state index < -0.39 is 0 Å². The predicted molar refractivity (Wildman–Crippen MR) is 88.5 cm³/mol. The fraction of sp³-hybridized carbons (Fsp3) is 0.316. The minimum Gasteiger partial charge on any atom is -0.493 e. The highest BCUT2D eigenvalue weighted by molar-refractivity contribution is 5.89. The Bertz CT molecular complexity index is 619. The molecule has 2 aromatic carbocycles. The molecule has 1 heterocycles. The summed E-state index contributed by atoms with van der Waals surface area (Å²) in [6.07, 6.45) is 1.16. The largest absolute Gasteiger partial charge is 0.493 e. The van der Waals surface area contributed by atoms with Crippen LogP contribution in [0.1, 0.15) is 22.3 Å². The van der Waals surface area contributed by atoms with Gasteiger partial charge in [-0.15, -0.1) is 0 Å². The minimum absolute atomic E-state index is 0.284. The van der Waals surface area contributed by atoms with Gasteiger partial charge in [0.2, 0.25) is 0 Å². The van der Waals surface area contributed by atoms with Gasteiger partial charge >= 0.3 is 5.97 Å². The van der Waals surface area contributed by atoms with Crippen LogP contribution < -0.4 is 10.1 Å². The first-order valence-corrected chi connectivity index (χ1v) is 7.96. The molecule has 2 aromatic rings. The Balaban J connectivity index is 1.48. The maximum absolute atomic E-state index is 12.0. The van der Waals surface area contributed by atoms with E-state index >= 15 is 0 Å². The van der Waals surface area contributed by atoms with Gasteiger partial charge in [0.05, 0.1) is 12.2 Å². The summed E-state index contributed by atoms with van der Waals surface area (Å²) in [5, 5.41) is 3.32. The fourth-order valence-corrected chi connectivity index (χ4v) is 2.56. The van der Waals surface area contributed by atoms with Gasteiger partial charge in [-0.05, 0) is 42.8 Å². The molecule has 1 fully saturated rings. The summed E-state index contributed by atoms with van der Waals surface area (Å²) >= 11 is 0. The molecule has 3 rings (SSSR count). The highest BCUT2D eigenvalue weighted by Gasteiger charge is 2.15. The predicted octanol–water partition coefficient (Wildman–Crippen LogP) is 3.03. The summed E-state index contributed by atoms with van der Waals surface area (Å²) in [4.78, 5) is 12.0. The zero-order valence-corrected chi connectivity index (χ0v) is 13.0. The molecule has 120 valence electrons. The molecule has 1 atom stereocenters. The number of ether oxygens (including phenoxy) is 2. The molecule has 1 saturated heterocycles. The third kappa shape index (κ3) is 4.57. The van der Waals surface area contributed by atoms with E-state index in [1.165, 1.54) is 0 Å². The first-order chi connectivity index (χ1) is 11.3. The molecule has 23 heavy (non-hydrogen) atoms. The van der Waals surface area contributed by atoms with Crippen molar-refractivity contribution in [3.8, 4) is 5.75 Å². The van der Waals surface area contributed by atoms with Crippen LogP contribution in [0.2, 0.25) is 0 Å². The maximum atomic E-state index is 12.0. The lowest BCUT2D eigenvalue weighted by atomic mass is 10.1. The molecule has 0 spiro atoms. The van der Waals surface area contributed by atoms with Gasteiger partial charge in [0.25, 0.3) is 0 Å². The quantitative estimate of drug-likeness (QED) is 0.833. The maximum Gasteiger partial charge on any atom is 0.338 e. The van der Waals surface area contributed by atoms with Crippen LogP contribution in [-0.2, 0) is 11.3 Å². The molecule has 0 radical (unpaired) electrons. The second kappa shape index (κ2) is 7.79. The number of rotatable bonds is 6. The van der Waals surface area contributed by atoms with Crippen LogP contribution in [0, 0.1) is 5.92 Å². The van der Waals surface area contributed by atoms with E-state index in [4.69, 9.17) is 9.47 Å². The molecule has 0 saturated carbocycles. The molecule has 1 aliphatic heterocycles. The number of benzene rings is 2. The van der Waals surface area contributed by atoms with Gasteiger partial charge < -0.3 is 14.8 Å². The van der Waals surface area contributed by atoms with Crippen LogP contribution in [0.15, 0.2) is 54.6 Å². The van der Waals surface area contributed by atoms with Gasteiger partial charge in [0.1, 0.15) is 12.4 Å². The molecule has 0 bridgehead atoms. The monoisotopic (exact) mass is 311 g/mol. The summed E-state index contributed by atoms with van der Waals surface area (Å²) in [7, 11) is 0. The zero-order chi connectivity index (χ0) is 15.9. The summed E-state index contributed by atoms with van der Waals surface area (Å²) in [6, 6.07) is 16.8. The number of carbonyl (C=O) groups is 1. The van der Waals surface area contributed by atoms with Crippen molar-refractivity contribution in [2.24, 2.45) is 5.92 Å². The molecule has 4 heteroatoms. The molecule has 0 aliphatic carbocycles. The van der Waals surface area contributed by atoms with Crippen molar-refractivity contribution in [2.45, 2.75) is 13.0 Å². The van der Waals surface area contributed by atoms with E-state index in [-0.39, 0.29) is 12.6 Å². The van der Waals surface area contributed by atoms with Crippen molar-refractivity contribution in [1.29, 1.82) is 0 Å². The van der Waals surface area contributed by atoms with Gasteiger partial charge in [-0.2, -0.15) is 0 Å². The fourth-order valence-electron chi connectivity index (χ4n) is 2.56. The summed E-state index contributed by atoms with van der Waals surface area (Å²) in [5.74, 6) is 1.04. The highest BCUT2D eigenvalue weighted by Crippen LogP contribution is 2.16. The molecule has 1 N–H and O–H groups in total. The summed E-state index contributed by atoms with van der Waals surface area (Å²) in [6.45, 7) is 3.08. The van der Waals surface area contributed by atoms with Crippen LogP contribution in [0.3, 0.4) is 0 Å². The lowest BCUT2D eigenvalue weighted by Gasteiger charge is -2.11. The van der Waals surface area contributed by atoms with E-state index in [0.717, 1.165) is 30.8 Å². The molecular formula is C19H21NO3. The van der Waals surface area contributed by atoms with Gasteiger partial charge in [-0.1, -0.05) is 30.3 Å². The Kier molecular flexibility index (Phi) is 5.27. The van der Waals surface area contributed by atoms with E-state index in [1.807, 2.05) is 42.5 Å². The van der Waals surface area contributed by atoms with Gasteiger partial charge in [-0.25, -0.2) is 4.79 Å². The van der Waals surface area contributed by atoms with Gasteiger partial charge in [-0.3, -0.25) is 0 Å². The van der Waals surface area contributed by atoms with Crippen LogP contribution in [-0.4, -0.2) is 25.7 Å². The Morgan fingerprint density at radius 1 is 1.09 bits per heavy atom. The van der Waals surface area contributed by atoms with Gasteiger partial charge in [0.15, 0.2) is 0 Å². The van der Waals surface area contributed by atoms with Crippen molar-refractivity contribution >= 4 is 5.97 Å². The highest BCUT2D eigenvalue weighted by atomic mass is 16.5. The topological polar surface area (TPSA) is 47.6 Å². The van der Waals surface area contributed by atoms with Crippen molar-refractivity contribution in [2.75, 3.05) is 19.7 Å². The standard InChI is InChI=1S/C19H21NO3/c21-19(23-13-15-4-2-1-3-5-15)17-6-8-18(9-7-17)22-14-16-10-11-20-12-16/h1-9,16,20H,10-14H2. The lowest BCUT2D eigenvalue weighted by molar-refractivity contribution is 0.0472. The Morgan fingerprint density at radius 2 is 1.87 bits per heavy atom. The second-order valence-corrected chi connectivity index (χ2v) is 5.76. The van der Waals surface area contributed by atoms with Crippen molar-refractivity contribution in [1.82, 2.24) is 5.32 Å². The smallest absolute Gasteiger partial charge is 0.338 e. The Hall–Kier alpha value is -2.33. The van der Waals surface area contributed by atoms with E-state index in [0.29, 0.717) is 18.1 Å². The number of carbonyl (C=O) groups excluding carboxylic acids is 1. The average molecular weight is 311 g/mol.